The van der Waals surface area contributed by atoms with Gasteiger partial charge in [0, 0.05) is 23.9 Å². The van der Waals surface area contributed by atoms with Crippen LogP contribution < -0.4 is 9.30 Å². The minimum atomic E-state index is 0.798. The molecule has 0 amide bonds. The van der Waals surface area contributed by atoms with E-state index in [0.29, 0.717) is 0 Å². The molecule has 2 heterocycles. The van der Waals surface area contributed by atoms with Crippen LogP contribution in [0.3, 0.4) is 0 Å². The van der Waals surface area contributed by atoms with Crippen molar-refractivity contribution in [1.29, 1.82) is 0 Å². The highest BCUT2D eigenvalue weighted by atomic mass is 16.5. The summed E-state index contributed by atoms with van der Waals surface area (Å²) in [5, 5.41) is 0. The third kappa shape index (κ3) is 1.96. The van der Waals surface area contributed by atoms with Crippen LogP contribution in [0, 0.1) is 0 Å². The Morgan fingerprint density at radius 1 is 1.20 bits per heavy atom. The first-order valence-corrected chi connectivity index (χ1v) is 4.75. The van der Waals surface area contributed by atoms with Crippen molar-refractivity contribution < 1.29 is 9.30 Å². The topological polar surface area (TPSA) is 26.0 Å². The van der Waals surface area contributed by atoms with E-state index in [4.69, 9.17) is 4.74 Å². The highest BCUT2D eigenvalue weighted by Crippen LogP contribution is 2.27. The van der Waals surface area contributed by atoms with Crippen molar-refractivity contribution in [2.24, 2.45) is 7.05 Å². The second-order valence-corrected chi connectivity index (χ2v) is 3.33. The lowest BCUT2D eigenvalue weighted by molar-refractivity contribution is -0.671. The largest absolute Gasteiger partial charge is 0.494 e. The Morgan fingerprint density at radius 2 is 1.93 bits per heavy atom. The highest BCUT2D eigenvalue weighted by Gasteiger charge is 2.05. The minimum Gasteiger partial charge on any atom is -0.494 e. The number of nitrogens with zero attached hydrogens (tertiary/aromatic N) is 2. The maximum atomic E-state index is 5.26. The van der Waals surface area contributed by atoms with Crippen LogP contribution in [0.2, 0.25) is 0 Å². The van der Waals surface area contributed by atoms with E-state index in [2.05, 4.69) is 17.1 Å². The van der Waals surface area contributed by atoms with Crippen LogP contribution in [0.25, 0.3) is 11.1 Å². The predicted octanol–water partition coefficient (Wildman–Crippen LogP) is 1.58. The number of ether oxygens (including phenoxy) is 1. The zero-order valence-corrected chi connectivity index (χ0v) is 8.84. The van der Waals surface area contributed by atoms with Crippen molar-refractivity contribution in [3.05, 3.63) is 43.0 Å². The molecule has 15 heavy (non-hydrogen) atoms. The first-order chi connectivity index (χ1) is 7.31. The summed E-state index contributed by atoms with van der Waals surface area (Å²) in [4.78, 5) is 4.03. The molecule has 0 aliphatic carbocycles. The molecule has 76 valence electrons. The number of hydrogen-bond acceptors (Lipinski definition) is 2. The van der Waals surface area contributed by atoms with Gasteiger partial charge in [0.2, 0.25) is 0 Å². The zero-order chi connectivity index (χ0) is 10.7. The number of hydrogen-bond donors (Lipinski definition) is 0. The Balaban J connectivity index is 2.49. The monoisotopic (exact) mass is 201 g/mol. The Labute approximate surface area is 89.0 Å². The van der Waals surface area contributed by atoms with E-state index in [0.717, 1.165) is 16.9 Å². The Bertz CT molecular complexity index is 451. The van der Waals surface area contributed by atoms with E-state index >= 15 is 0 Å². The molecule has 0 spiro atoms. The Morgan fingerprint density at radius 3 is 2.60 bits per heavy atom. The quantitative estimate of drug-likeness (QED) is 0.689. The molecule has 0 saturated carbocycles. The molecule has 0 N–H and O–H groups in total. The molecule has 0 aliphatic rings. The molecule has 2 aromatic rings. The van der Waals surface area contributed by atoms with Gasteiger partial charge in [0.25, 0.3) is 0 Å². The predicted molar refractivity (Wildman–Crippen MR) is 57.4 cm³/mol. The number of aromatic nitrogens is 2. The molecular weight excluding hydrogens is 188 g/mol. The summed E-state index contributed by atoms with van der Waals surface area (Å²) < 4.78 is 7.26. The fourth-order valence-corrected chi connectivity index (χ4v) is 1.46. The van der Waals surface area contributed by atoms with E-state index in [1.807, 2.05) is 30.1 Å². The van der Waals surface area contributed by atoms with Crippen molar-refractivity contribution in [3.8, 4) is 16.9 Å². The van der Waals surface area contributed by atoms with Gasteiger partial charge in [0.1, 0.15) is 12.8 Å². The molecule has 0 fully saturated rings. The van der Waals surface area contributed by atoms with Crippen LogP contribution in [0.1, 0.15) is 0 Å². The summed E-state index contributed by atoms with van der Waals surface area (Å²) in [5.41, 5.74) is 2.19. The Kier molecular flexibility index (Phi) is 2.63. The number of pyridine rings is 2. The minimum absolute atomic E-state index is 0.798. The van der Waals surface area contributed by atoms with E-state index in [-0.39, 0.29) is 0 Å². The van der Waals surface area contributed by atoms with Gasteiger partial charge in [-0.3, -0.25) is 4.98 Å². The van der Waals surface area contributed by atoms with Crippen LogP contribution in [-0.4, -0.2) is 12.1 Å². The van der Waals surface area contributed by atoms with Crippen molar-refractivity contribution in [1.82, 2.24) is 4.98 Å². The summed E-state index contributed by atoms with van der Waals surface area (Å²) in [6.45, 7) is 0. The van der Waals surface area contributed by atoms with Gasteiger partial charge in [-0.05, 0) is 11.6 Å². The van der Waals surface area contributed by atoms with Gasteiger partial charge in [-0.1, -0.05) is 0 Å². The standard InChI is InChI=1S/C12H13N2O/c1-14-7-4-10(5-8-14)11-3-6-13-9-12(11)15-2/h3-9H,1-2H3/q+1. The fraction of sp³-hybridized carbons (Fsp3) is 0.167. The summed E-state index contributed by atoms with van der Waals surface area (Å²) in [5.74, 6) is 0.798. The summed E-state index contributed by atoms with van der Waals surface area (Å²) >= 11 is 0. The molecule has 2 rings (SSSR count). The number of aryl methyl sites for hydroxylation is 1. The van der Waals surface area contributed by atoms with Gasteiger partial charge >= 0.3 is 0 Å². The smallest absolute Gasteiger partial charge is 0.169 e. The molecule has 3 heteroatoms. The van der Waals surface area contributed by atoms with Gasteiger partial charge in [-0.25, -0.2) is 4.57 Å². The highest BCUT2D eigenvalue weighted by molar-refractivity contribution is 5.68. The summed E-state index contributed by atoms with van der Waals surface area (Å²) in [7, 11) is 3.65. The lowest BCUT2D eigenvalue weighted by Gasteiger charge is -2.06. The van der Waals surface area contributed by atoms with Gasteiger partial charge in [0.05, 0.1) is 13.3 Å². The first kappa shape index (κ1) is 9.65. The molecule has 3 nitrogen and oxygen atoms in total. The molecule has 0 atom stereocenters. The average molecular weight is 201 g/mol. The van der Waals surface area contributed by atoms with Crippen molar-refractivity contribution in [3.63, 3.8) is 0 Å². The van der Waals surface area contributed by atoms with Crippen LogP contribution in [-0.2, 0) is 7.05 Å². The lowest BCUT2D eigenvalue weighted by Crippen LogP contribution is -2.25. The molecule has 2 aromatic heterocycles. The molecule has 0 radical (unpaired) electrons. The maximum absolute atomic E-state index is 5.26. The molecule has 0 aromatic carbocycles. The van der Waals surface area contributed by atoms with Crippen molar-refractivity contribution in [2.75, 3.05) is 7.11 Å². The van der Waals surface area contributed by atoms with Crippen molar-refractivity contribution >= 4 is 0 Å². The third-order valence-electron chi connectivity index (χ3n) is 2.29. The van der Waals surface area contributed by atoms with Crippen LogP contribution in [0.4, 0.5) is 0 Å². The fourth-order valence-electron chi connectivity index (χ4n) is 1.46. The molecule has 0 saturated heterocycles. The van der Waals surface area contributed by atoms with Crippen LogP contribution in [0.5, 0.6) is 5.75 Å². The average Bonchev–Trinajstić information content (AvgIpc) is 2.30. The molecule has 0 unspecified atom stereocenters. The van der Waals surface area contributed by atoms with E-state index in [9.17, 15) is 0 Å². The first-order valence-electron chi connectivity index (χ1n) is 4.75. The molecule has 0 aliphatic heterocycles. The molecular formula is C12H13N2O+. The molecule has 0 bridgehead atoms. The normalized spacial score (nSPS) is 10.0. The van der Waals surface area contributed by atoms with Gasteiger partial charge in [0.15, 0.2) is 12.4 Å². The second kappa shape index (κ2) is 4.09. The SMILES string of the molecule is COc1cnccc1-c1cc[n+](C)cc1. The summed E-state index contributed by atoms with van der Waals surface area (Å²) in [6, 6.07) is 6.06. The van der Waals surface area contributed by atoms with E-state index < -0.39 is 0 Å². The number of rotatable bonds is 2. The van der Waals surface area contributed by atoms with E-state index in [1.54, 1.807) is 19.5 Å². The second-order valence-electron chi connectivity index (χ2n) is 3.33. The third-order valence-corrected chi connectivity index (χ3v) is 2.29. The summed E-state index contributed by atoms with van der Waals surface area (Å²) in [6.07, 6.45) is 7.51. The van der Waals surface area contributed by atoms with Crippen LogP contribution >= 0.6 is 0 Å². The Hall–Kier alpha value is -1.90. The maximum Gasteiger partial charge on any atom is 0.169 e. The van der Waals surface area contributed by atoms with Crippen molar-refractivity contribution in [2.45, 2.75) is 0 Å². The van der Waals surface area contributed by atoms with Gasteiger partial charge in [-0.15, -0.1) is 0 Å². The zero-order valence-electron chi connectivity index (χ0n) is 8.84. The van der Waals surface area contributed by atoms with E-state index in [1.165, 1.54) is 0 Å². The lowest BCUT2D eigenvalue weighted by atomic mass is 10.1. The van der Waals surface area contributed by atoms with Gasteiger partial charge < -0.3 is 4.74 Å². The number of methoxy groups -OCH3 is 1. The van der Waals surface area contributed by atoms with Gasteiger partial charge in [-0.2, -0.15) is 0 Å². The van der Waals surface area contributed by atoms with Crippen LogP contribution in [0.15, 0.2) is 43.0 Å².